The standard InChI is InChI=1S/C21H16OS/c22-19-14-21(23-20-9-5-4-8-18(19)20)17-12-10-16(11-13-17)15-6-2-1-3-7-15/h1-13,21H,14H2. The molecule has 0 fully saturated rings. The molecule has 0 aromatic heterocycles. The highest BCUT2D eigenvalue weighted by molar-refractivity contribution is 7.99. The fourth-order valence-corrected chi connectivity index (χ4v) is 4.28. The van der Waals surface area contributed by atoms with E-state index in [1.54, 1.807) is 11.8 Å². The van der Waals surface area contributed by atoms with Gasteiger partial charge in [0, 0.05) is 22.1 Å². The maximum Gasteiger partial charge on any atom is 0.165 e. The molecule has 0 saturated carbocycles. The van der Waals surface area contributed by atoms with Gasteiger partial charge in [-0.25, -0.2) is 0 Å². The Morgan fingerprint density at radius 2 is 1.39 bits per heavy atom. The molecule has 23 heavy (non-hydrogen) atoms. The third kappa shape index (κ3) is 2.82. The Kier molecular flexibility index (Phi) is 3.76. The fourth-order valence-electron chi connectivity index (χ4n) is 2.98. The van der Waals surface area contributed by atoms with Gasteiger partial charge < -0.3 is 0 Å². The van der Waals surface area contributed by atoms with E-state index in [9.17, 15) is 4.79 Å². The van der Waals surface area contributed by atoms with Gasteiger partial charge in [0.05, 0.1) is 0 Å². The average molecular weight is 316 g/mol. The molecule has 0 saturated heterocycles. The highest BCUT2D eigenvalue weighted by Crippen LogP contribution is 2.44. The largest absolute Gasteiger partial charge is 0.294 e. The van der Waals surface area contributed by atoms with Crippen LogP contribution in [0.5, 0.6) is 0 Å². The van der Waals surface area contributed by atoms with Crippen molar-refractivity contribution in [1.82, 2.24) is 0 Å². The maximum atomic E-state index is 12.3. The summed E-state index contributed by atoms with van der Waals surface area (Å²) in [7, 11) is 0. The van der Waals surface area contributed by atoms with E-state index in [2.05, 4.69) is 48.5 Å². The molecular weight excluding hydrogens is 300 g/mol. The third-order valence-corrected chi connectivity index (χ3v) is 5.55. The number of carbonyl (C=O) groups is 1. The van der Waals surface area contributed by atoms with Gasteiger partial charge >= 0.3 is 0 Å². The zero-order chi connectivity index (χ0) is 15.6. The predicted octanol–water partition coefficient (Wildman–Crippen LogP) is 5.77. The lowest BCUT2D eigenvalue weighted by Gasteiger charge is -2.23. The second-order valence-corrected chi connectivity index (χ2v) is 6.96. The van der Waals surface area contributed by atoms with Crippen LogP contribution in [0.2, 0.25) is 0 Å². The van der Waals surface area contributed by atoms with Gasteiger partial charge in [-0.3, -0.25) is 4.79 Å². The number of benzene rings is 3. The molecule has 1 atom stereocenters. The molecule has 1 unspecified atom stereocenters. The summed E-state index contributed by atoms with van der Waals surface area (Å²) in [4.78, 5) is 13.4. The van der Waals surface area contributed by atoms with Crippen molar-refractivity contribution in [3.05, 3.63) is 90.0 Å². The Labute approximate surface area is 140 Å². The van der Waals surface area contributed by atoms with Crippen LogP contribution in [0.15, 0.2) is 83.8 Å². The van der Waals surface area contributed by atoms with E-state index in [1.165, 1.54) is 16.7 Å². The number of hydrogen-bond acceptors (Lipinski definition) is 2. The maximum absolute atomic E-state index is 12.3. The van der Waals surface area contributed by atoms with Crippen molar-refractivity contribution in [1.29, 1.82) is 0 Å². The minimum absolute atomic E-state index is 0.210. The van der Waals surface area contributed by atoms with Crippen LogP contribution < -0.4 is 0 Å². The fraction of sp³-hybridized carbons (Fsp3) is 0.0952. The van der Waals surface area contributed by atoms with Crippen LogP contribution in [-0.2, 0) is 0 Å². The number of ketones is 1. The average Bonchev–Trinajstić information content (AvgIpc) is 2.63. The summed E-state index contributed by atoms with van der Waals surface area (Å²) >= 11 is 1.79. The topological polar surface area (TPSA) is 17.1 Å². The Bertz CT molecular complexity index is 837. The van der Waals surface area contributed by atoms with E-state index < -0.39 is 0 Å². The Hall–Kier alpha value is -2.32. The second kappa shape index (κ2) is 6.05. The first kappa shape index (κ1) is 14.3. The first-order valence-electron chi connectivity index (χ1n) is 7.75. The van der Waals surface area contributed by atoms with Crippen molar-refractivity contribution in [3.8, 4) is 11.1 Å². The number of carbonyl (C=O) groups excluding carboxylic acids is 1. The number of rotatable bonds is 2. The van der Waals surface area contributed by atoms with E-state index in [0.717, 1.165) is 10.5 Å². The van der Waals surface area contributed by atoms with Gasteiger partial charge in [-0.2, -0.15) is 0 Å². The number of hydrogen-bond donors (Lipinski definition) is 0. The van der Waals surface area contributed by atoms with E-state index in [0.29, 0.717) is 6.42 Å². The van der Waals surface area contributed by atoms with Gasteiger partial charge in [0.25, 0.3) is 0 Å². The van der Waals surface area contributed by atoms with Crippen LogP contribution in [0.1, 0.15) is 27.6 Å². The van der Waals surface area contributed by atoms with E-state index in [-0.39, 0.29) is 11.0 Å². The molecule has 1 nitrogen and oxygen atoms in total. The highest BCUT2D eigenvalue weighted by atomic mass is 32.2. The summed E-state index contributed by atoms with van der Waals surface area (Å²) in [5.74, 6) is 0.247. The van der Waals surface area contributed by atoms with Crippen LogP contribution in [0.3, 0.4) is 0 Å². The minimum Gasteiger partial charge on any atom is -0.294 e. The Morgan fingerprint density at radius 1 is 0.739 bits per heavy atom. The molecule has 1 heterocycles. The highest BCUT2D eigenvalue weighted by Gasteiger charge is 2.26. The molecule has 3 aromatic carbocycles. The SMILES string of the molecule is O=C1CC(c2ccc(-c3ccccc3)cc2)Sc2ccccc21. The van der Waals surface area contributed by atoms with Gasteiger partial charge in [0.1, 0.15) is 0 Å². The molecule has 1 aliphatic rings. The second-order valence-electron chi connectivity index (χ2n) is 5.72. The van der Waals surface area contributed by atoms with Crippen molar-refractivity contribution < 1.29 is 4.79 Å². The van der Waals surface area contributed by atoms with Gasteiger partial charge in [0.15, 0.2) is 5.78 Å². The monoisotopic (exact) mass is 316 g/mol. The van der Waals surface area contributed by atoms with Crippen LogP contribution in [0, 0.1) is 0 Å². The van der Waals surface area contributed by atoms with Crippen molar-refractivity contribution in [2.24, 2.45) is 0 Å². The summed E-state index contributed by atoms with van der Waals surface area (Å²) in [6.07, 6.45) is 0.576. The summed E-state index contributed by atoms with van der Waals surface area (Å²) in [6.45, 7) is 0. The molecule has 0 N–H and O–H groups in total. The first-order valence-corrected chi connectivity index (χ1v) is 8.63. The first-order chi connectivity index (χ1) is 11.3. The molecule has 0 spiro atoms. The van der Waals surface area contributed by atoms with Crippen LogP contribution in [0.4, 0.5) is 0 Å². The molecule has 4 rings (SSSR count). The third-order valence-electron chi connectivity index (χ3n) is 4.22. The van der Waals surface area contributed by atoms with Crippen molar-refractivity contribution in [2.45, 2.75) is 16.6 Å². The van der Waals surface area contributed by atoms with E-state index >= 15 is 0 Å². The van der Waals surface area contributed by atoms with Gasteiger partial charge in [-0.1, -0.05) is 72.8 Å². The smallest absolute Gasteiger partial charge is 0.165 e. The number of Topliss-reactive ketones (excluding diaryl/α,β-unsaturated/α-hetero) is 1. The van der Waals surface area contributed by atoms with Gasteiger partial charge in [-0.05, 0) is 22.8 Å². The van der Waals surface area contributed by atoms with E-state index in [1.807, 2.05) is 30.3 Å². The predicted molar refractivity (Wildman–Crippen MR) is 95.9 cm³/mol. The molecule has 0 radical (unpaired) electrons. The normalized spacial score (nSPS) is 16.9. The molecular formula is C21H16OS. The molecule has 0 bridgehead atoms. The van der Waals surface area contributed by atoms with Gasteiger partial charge in [0.2, 0.25) is 0 Å². The van der Waals surface area contributed by atoms with Crippen molar-refractivity contribution >= 4 is 17.5 Å². The zero-order valence-corrected chi connectivity index (χ0v) is 13.4. The minimum atomic E-state index is 0.210. The lowest BCUT2D eigenvalue weighted by atomic mass is 9.99. The van der Waals surface area contributed by atoms with Crippen LogP contribution >= 0.6 is 11.8 Å². The van der Waals surface area contributed by atoms with Crippen molar-refractivity contribution in [3.63, 3.8) is 0 Å². The molecule has 0 amide bonds. The van der Waals surface area contributed by atoms with Crippen LogP contribution in [-0.4, -0.2) is 5.78 Å². The molecule has 3 aromatic rings. The van der Waals surface area contributed by atoms with Crippen LogP contribution in [0.25, 0.3) is 11.1 Å². The van der Waals surface area contributed by atoms with E-state index in [4.69, 9.17) is 0 Å². The van der Waals surface area contributed by atoms with Gasteiger partial charge in [-0.15, -0.1) is 11.8 Å². The van der Waals surface area contributed by atoms with Crippen molar-refractivity contribution in [2.75, 3.05) is 0 Å². The lowest BCUT2D eigenvalue weighted by molar-refractivity contribution is 0.0976. The summed E-state index contributed by atoms with van der Waals surface area (Å²) < 4.78 is 0. The molecule has 2 heteroatoms. The summed E-state index contributed by atoms with van der Waals surface area (Å²) in [6, 6.07) is 26.9. The Morgan fingerprint density at radius 3 is 2.17 bits per heavy atom. The lowest BCUT2D eigenvalue weighted by Crippen LogP contribution is -2.11. The number of thioether (sulfide) groups is 1. The molecule has 0 aliphatic carbocycles. The molecule has 1 aliphatic heterocycles. The zero-order valence-electron chi connectivity index (χ0n) is 12.6. The Balaban J connectivity index is 1.61. The quantitative estimate of drug-likeness (QED) is 0.596. The summed E-state index contributed by atoms with van der Waals surface area (Å²) in [5, 5.41) is 0.210. The molecule has 112 valence electrons. The number of fused-ring (bicyclic) bond motifs is 1. The summed E-state index contributed by atoms with van der Waals surface area (Å²) in [5.41, 5.74) is 4.52.